The van der Waals surface area contributed by atoms with E-state index < -0.39 is 5.97 Å². The van der Waals surface area contributed by atoms with E-state index >= 15 is 0 Å². The van der Waals surface area contributed by atoms with Gasteiger partial charge in [-0.15, -0.1) is 0 Å². The Hall–Kier alpha value is -1.85. The van der Waals surface area contributed by atoms with Gasteiger partial charge in [-0.3, -0.25) is 0 Å². The number of nitrogen functional groups attached to an aromatic ring is 1. The first-order valence-electron chi connectivity index (χ1n) is 3.05. The maximum Gasteiger partial charge on any atom is 0.360 e. The lowest BCUT2D eigenvalue weighted by molar-refractivity contribution is 0.0685. The number of ether oxygens (including phenoxy) is 1. The first-order chi connectivity index (χ1) is 5.65. The van der Waals surface area contributed by atoms with Crippen molar-refractivity contribution in [2.24, 2.45) is 0 Å². The predicted molar refractivity (Wildman–Crippen MR) is 40.0 cm³/mol. The van der Waals surface area contributed by atoms with E-state index in [2.05, 4.69) is 14.7 Å². The Morgan fingerprint density at radius 3 is 2.92 bits per heavy atom. The van der Waals surface area contributed by atoms with Gasteiger partial charge < -0.3 is 15.6 Å². The van der Waals surface area contributed by atoms with Gasteiger partial charge in [0, 0.05) is 0 Å². The molecule has 1 aromatic heterocycles. The fourth-order valence-electron chi connectivity index (χ4n) is 0.680. The number of carbonyl (C=O) groups is 1. The molecule has 0 saturated carbocycles. The summed E-state index contributed by atoms with van der Waals surface area (Å²) in [7, 11) is 1.31. The summed E-state index contributed by atoms with van der Waals surface area (Å²) in [4.78, 5) is 17.7. The lowest BCUT2D eigenvalue weighted by atomic mass is 10.4. The summed E-state index contributed by atoms with van der Waals surface area (Å²) in [6.45, 7) is 0. The number of methoxy groups -OCH3 is 1. The molecule has 0 saturated heterocycles. The minimum Gasteiger partial charge on any atom is -0.479 e. The second-order valence-corrected chi connectivity index (χ2v) is 1.96. The van der Waals surface area contributed by atoms with Crippen molar-refractivity contribution >= 4 is 11.8 Å². The van der Waals surface area contributed by atoms with Gasteiger partial charge in [0.25, 0.3) is 0 Å². The van der Waals surface area contributed by atoms with Crippen LogP contribution in [0.15, 0.2) is 6.20 Å². The van der Waals surface area contributed by atoms with E-state index in [-0.39, 0.29) is 17.4 Å². The van der Waals surface area contributed by atoms with Crippen molar-refractivity contribution in [3.05, 3.63) is 11.9 Å². The lowest BCUT2D eigenvalue weighted by Gasteiger charge is -2.01. The van der Waals surface area contributed by atoms with Crippen molar-refractivity contribution in [3.8, 4) is 5.88 Å². The maximum atomic E-state index is 10.5. The summed E-state index contributed by atoms with van der Waals surface area (Å²) in [5.74, 6) is -1.21. The van der Waals surface area contributed by atoms with Crippen molar-refractivity contribution in [3.63, 3.8) is 0 Å². The summed E-state index contributed by atoms with van der Waals surface area (Å²) in [5.41, 5.74) is 4.95. The number of nitrogens with zero attached hydrogens (tertiary/aromatic N) is 2. The van der Waals surface area contributed by atoms with Crippen molar-refractivity contribution < 1.29 is 14.6 Å². The number of aromatic nitrogens is 2. The number of carboxylic acids is 1. The molecule has 1 heterocycles. The second-order valence-electron chi connectivity index (χ2n) is 1.96. The summed E-state index contributed by atoms with van der Waals surface area (Å²) in [5, 5.41) is 8.58. The highest BCUT2D eigenvalue weighted by Crippen LogP contribution is 2.12. The van der Waals surface area contributed by atoms with Gasteiger partial charge in [-0.1, -0.05) is 0 Å². The van der Waals surface area contributed by atoms with Crippen LogP contribution in [0.2, 0.25) is 0 Å². The second kappa shape index (κ2) is 3.04. The van der Waals surface area contributed by atoms with Gasteiger partial charge in [0.05, 0.1) is 13.3 Å². The summed E-state index contributed by atoms with van der Waals surface area (Å²) in [6, 6.07) is 0. The molecular weight excluding hydrogens is 162 g/mol. The zero-order chi connectivity index (χ0) is 9.14. The van der Waals surface area contributed by atoms with Gasteiger partial charge in [-0.25, -0.2) is 14.8 Å². The molecule has 0 spiro atoms. The monoisotopic (exact) mass is 169 g/mol. The third-order valence-corrected chi connectivity index (χ3v) is 1.15. The summed E-state index contributed by atoms with van der Waals surface area (Å²) < 4.78 is 4.65. The van der Waals surface area contributed by atoms with Crippen LogP contribution >= 0.6 is 0 Å². The van der Waals surface area contributed by atoms with Crippen LogP contribution in [0.4, 0.5) is 5.82 Å². The van der Waals surface area contributed by atoms with Crippen LogP contribution in [0.1, 0.15) is 10.5 Å². The van der Waals surface area contributed by atoms with E-state index in [0.29, 0.717) is 0 Å². The van der Waals surface area contributed by atoms with Gasteiger partial charge in [-0.2, -0.15) is 0 Å². The third kappa shape index (κ3) is 1.42. The van der Waals surface area contributed by atoms with Gasteiger partial charge in [0.15, 0.2) is 0 Å². The highest BCUT2D eigenvalue weighted by atomic mass is 16.5. The normalized spacial score (nSPS) is 9.42. The van der Waals surface area contributed by atoms with Crippen LogP contribution in [0.5, 0.6) is 5.88 Å². The smallest absolute Gasteiger partial charge is 0.360 e. The molecule has 0 aromatic carbocycles. The average Bonchev–Trinajstić information content (AvgIpc) is 2.04. The van der Waals surface area contributed by atoms with Crippen molar-refractivity contribution in [1.29, 1.82) is 0 Å². The Morgan fingerprint density at radius 1 is 1.75 bits per heavy atom. The topological polar surface area (TPSA) is 98.3 Å². The standard InChI is InChI=1S/C6H7N3O3/c1-12-5-4(6(10)11)9-3(7)2-8-5/h2H,1H3,(H2,7,9)(H,10,11). The molecule has 0 aliphatic rings. The van der Waals surface area contributed by atoms with E-state index in [1.807, 2.05) is 0 Å². The van der Waals surface area contributed by atoms with Crippen LogP contribution in [-0.2, 0) is 0 Å². The molecule has 64 valence electrons. The van der Waals surface area contributed by atoms with Crippen molar-refractivity contribution in [2.75, 3.05) is 12.8 Å². The Kier molecular flexibility index (Phi) is 2.09. The van der Waals surface area contributed by atoms with Gasteiger partial charge in [-0.05, 0) is 0 Å². The molecule has 3 N–H and O–H groups in total. The SMILES string of the molecule is COc1ncc(N)nc1C(=O)O. The first kappa shape index (κ1) is 8.25. The molecule has 0 amide bonds. The molecule has 0 aliphatic heterocycles. The Bertz CT molecular complexity index is 313. The molecule has 1 rings (SSSR count). The Labute approximate surface area is 68.0 Å². The van der Waals surface area contributed by atoms with E-state index in [4.69, 9.17) is 10.8 Å². The third-order valence-electron chi connectivity index (χ3n) is 1.15. The number of carboxylic acid groups (broad SMARTS) is 1. The largest absolute Gasteiger partial charge is 0.479 e. The molecule has 0 bridgehead atoms. The molecule has 0 unspecified atom stereocenters. The molecule has 0 atom stereocenters. The van der Waals surface area contributed by atoms with Crippen LogP contribution < -0.4 is 10.5 Å². The van der Waals surface area contributed by atoms with Gasteiger partial charge in [0.2, 0.25) is 11.6 Å². The molecule has 0 aliphatic carbocycles. The molecule has 12 heavy (non-hydrogen) atoms. The van der Waals surface area contributed by atoms with E-state index in [9.17, 15) is 4.79 Å². The number of hydrogen-bond donors (Lipinski definition) is 2. The molecule has 0 fully saturated rings. The molecule has 0 radical (unpaired) electrons. The molecular formula is C6H7N3O3. The molecule has 6 heteroatoms. The predicted octanol–water partition coefficient (Wildman–Crippen LogP) is -0.234. The Balaban J connectivity index is 3.21. The number of hydrogen-bond acceptors (Lipinski definition) is 5. The quantitative estimate of drug-likeness (QED) is 0.634. The number of nitrogens with two attached hydrogens (primary N) is 1. The zero-order valence-corrected chi connectivity index (χ0v) is 6.31. The summed E-state index contributed by atoms with van der Waals surface area (Å²) >= 11 is 0. The fraction of sp³-hybridized carbons (Fsp3) is 0.167. The van der Waals surface area contributed by atoms with Gasteiger partial charge >= 0.3 is 5.97 Å². The minimum atomic E-state index is -1.22. The highest BCUT2D eigenvalue weighted by Gasteiger charge is 2.13. The Morgan fingerprint density at radius 2 is 2.42 bits per heavy atom. The number of rotatable bonds is 2. The van der Waals surface area contributed by atoms with Gasteiger partial charge in [0.1, 0.15) is 5.82 Å². The average molecular weight is 169 g/mol. The van der Waals surface area contributed by atoms with E-state index in [1.165, 1.54) is 13.3 Å². The molecule has 1 aromatic rings. The first-order valence-corrected chi connectivity index (χ1v) is 3.05. The van der Waals surface area contributed by atoms with E-state index in [1.54, 1.807) is 0 Å². The van der Waals surface area contributed by atoms with E-state index in [0.717, 1.165) is 0 Å². The highest BCUT2D eigenvalue weighted by molar-refractivity contribution is 5.88. The minimum absolute atomic E-state index is 0.0447. The van der Waals surface area contributed by atoms with Crippen LogP contribution in [0.25, 0.3) is 0 Å². The van der Waals surface area contributed by atoms with Crippen molar-refractivity contribution in [2.45, 2.75) is 0 Å². The maximum absolute atomic E-state index is 10.5. The van der Waals surface area contributed by atoms with Crippen LogP contribution in [-0.4, -0.2) is 28.2 Å². The number of anilines is 1. The lowest BCUT2D eigenvalue weighted by Crippen LogP contribution is -2.07. The van der Waals surface area contributed by atoms with Crippen LogP contribution in [0, 0.1) is 0 Å². The summed E-state index contributed by atoms with van der Waals surface area (Å²) in [6.07, 6.45) is 1.23. The van der Waals surface area contributed by atoms with Crippen LogP contribution in [0.3, 0.4) is 0 Å². The van der Waals surface area contributed by atoms with Crippen molar-refractivity contribution in [1.82, 2.24) is 9.97 Å². The zero-order valence-electron chi connectivity index (χ0n) is 6.31. The number of aromatic carboxylic acids is 1. The fourth-order valence-corrected chi connectivity index (χ4v) is 0.680. The molecule has 6 nitrogen and oxygen atoms in total.